The van der Waals surface area contributed by atoms with Crippen molar-refractivity contribution in [3.63, 3.8) is 0 Å². The highest BCUT2D eigenvalue weighted by Gasteiger charge is 2.02. The lowest BCUT2D eigenvalue weighted by atomic mass is 10.2. The Morgan fingerprint density at radius 1 is 1.64 bits per heavy atom. The van der Waals surface area contributed by atoms with Gasteiger partial charge in [0.05, 0.1) is 0 Å². The molecule has 0 N–H and O–H groups in total. The predicted octanol–water partition coefficient (Wildman–Crippen LogP) is 2.20. The highest BCUT2D eigenvalue weighted by Crippen LogP contribution is 2.10. The second kappa shape index (κ2) is 3.86. The van der Waals surface area contributed by atoms with Gasteiger partial charge in [-0.1, -0.05) is 13.0 Å². The van der Waals surface area contributed by atoms with E-state index in [1.165, 1.54) is 0 Å². The molecule has 0 saturated carbocycles. The molecular weight excluding hydrogens is 136 g/mol. The van der Waals surface area contributed by atoms with Crippen molar-refractivity contribution >= 4 is 12.4 Å². The summed E-state index contributed by atoms with van der Waals surface area (Å²) in [6.07, 6.45) is 9.50. The third-order valence-electron chi connectivity index (χ3n) is 1.34. The van der Waals surface area contributed by atoms with Crippen LogP contribution in [0.1, 0.15) is 13.8 Å². The number of rotatable bonds is 2. The van der Waals surface area contributed by atoms with Crippen molar-refractivity contribution in [2.24, 2.45) is 15.9 Å². The molecule has 1 aliphatic rings. The first-order valence-corrected chi connectivity index (χ1v) is 3.74. The molecule has 0 amide bonds. The third-order valence-corrected chi connectivity index (χ3v) is 1.34. The molecule has 0 aliphatic carbocycles. The SMILES string of the molecule is C/C=C\C=N/C1=CC(C)C=N1. The smallest absolute Gasteiger partial charge is 0.148 e. The van der Waals surface area contributed by atoms with Gasteiger partial charge in [0.1, 0.15) is 5.82 Å². The van der Waals surface area contributed by atoms with E-state index >= 15 is 0 Å². The van der Waals surface area contributed by atoms with Crippen LogP contribution in [-0.4, -0.2) is 12.4 Å². The van der Waals surface area contributed by atoms with E-state index in [-0.39, 0.29) is 0 Å². The molecule has 1 rings (SSSR count). The largest absolute Gasteiger partial charge is 0.241 e. The van der Waals surface area contributed by atoms with Gasteiger partial charge in [-0.15, -0.1) is 0 Å². The van der Waals surface area contributed by atoms with E-state index in [0.29, 0.717) is 5.92 Å². The zero-order chi connectivity index (χ0) is 8.10. The normalized spacial score (nSPS) is 23.8. The first-order valence-electron chi connectivity index (χ1n) is 3.74. The molecule has 0 aromatic heterocycles. The average Bonchev–Trinajstić information content (AvgIpc) is 2.37. The van der Waals surface area contributed by atoms with Gasteiger partial charge in [-0.2, -0.15) is 0 Å². The Bertz CT molecular complexity index is 234. The molecule has 1 atom stereocenters. The first-order chi connectivity index (χ1) is 5.33. The lowest BCUT2D eigenvalue weighted by Crippen LogP contribution is -1.81. The van der Waals surface area contributed by atoms with E-state index in [0.717, 1.165) is 5.82 Å². The van der Waals surface area contributed by atoms with Crippen molar-refractivity contribution in [2.75, 3.05) is 0 Å². The number of hydrogen-bond acceptors (Lipinski definition) is 2. The van der Waals surface area contributed by atoms with Crippen LogP contribution in [0, 0.1) is 5.92 Å². The maximum absolute atomic E-state index is 4.11. The van der Waals surface area contributed by atoms with E-state index in [4.69, 9.17) is 0 Å². The van der Waals surface area contributed by atoms with Gasteiger partial charge in [-0.3, -0.25) is 0 Å². The first kappa shape index (κ1) is 7.92. The topological polar surface area (TPSA) is 24.7 Å². The summed E-state index contributed by atoms with van der Waals surface area (Å²) in [6, 6.07) is 0. The van der Waals surface area contributed by atoms with Crippen molar-refractivity contribution < 1.29 is 0 Å². The Balaban J connectivity index is 2.51. The van der Waals surface area contributed by atoms with Gasteiger partial charge in [-0.05, 0) is 19.1 Å². The standard InChI is InChI=1S/C9H12N2/c1-3-4-5-10-9-6-8(2)7-11-9/h3-8H,1-2H3/b4-3-,10-5-. The molecule has 0 radical (unpaired) electrons. The van der Waals surface area contributed by atoms with Gasteiger partial charge >= 0.3 is 0 Å². The van der Waals surface area contributed by atoms with Crippen LogP contribution in [0.5, 0.6) is 0 Å². The van der Waals surface area contributed by atoms with Crippen molar-refractivity contribution in [3.8, 4) is 0 Å². The summed E-state index contributed by atoms with van der Waals surface area (Å²) in [4.78, 5) is 8.21. The van der Waals surface area contributed by atoms with Gasteiger partial charge in [0.15, 0.2) is 0 Å². The summed E-state index contributed by atoms with van der Waals surface area (Å²) in [5, 5.41) is 0. The van der Waals surface area contributed by atoms with E-state index in [1.807, 2.05) is 31.4 Å². The van der Waals surface area contributed by atoms with Crippen LogP contribution in [-0.2, 0) is 0 Å². The fraction of sp³-hybridized carbons (Fsp3) is 0.333. The van der Waals surface area contributed by atoms with Crippen molar-refractivity contribution in [1.29, 1.82) is 0 Å². The minimum Gasteiger partial charge on any atom is -0.241 e. The van der Waals surface area contributed by atoms with E-state index in [1.54, 1.807) is 6.21 Å². The predicted molar refractivity (Wildman–Crippen MR) is 49.0 cm³/mol. The Hall–Kier alpha value is -1.18. The van der Waals surface area contributed by atoms with Gasteiger partial charge in [0.25, 0.3) is 0 Å². The maximum Gasteiger partial charge on any atom is 0.148 e. The van der Waals surface area contributed by atoms with Crippen LogP contribution in [0.2, 0.25) is 0 Å². The fourth-order valence-electron chi connectivity index (χ4n) is 0.797. The van der Waals surface area contributed by atoms with Crippen molar-refractivity contribution in [1.82, 2.24) is 0 Å². The third kappa shape index (κ3) is 2.50. The Kier molecular flexibility index (Phi) is 2.78. The molecule has 1 unspecified atom stereocenters. The maximum atomic E-state index is 4.11. The summed E-state index contributed by atoms with van der Waals surface area (Å²) in [7, 11) is 0. The lowest BCUT2D eigenvalue weighted by Gasteiger charge is -1.84. The second-order valence-electron chi connectivity index (χ2n) is 2.47. The molecule has 2 heteroatoms. The molecule has 0 fully saturated rings. The van der Waals surface area contributed by atoms with Gasteiger partial charge < -0.3 is 0 Å². The average molecular weight is 148 g/mol. The number of aliphatic imine (C=N–C) groups is 2. The summed E-state index contributed by atoms with van der Waals surface area (Å²) in [5.41, 5.74) is 0. The van der Waals surface area contributed by atoms with Crippen LogP contribution in [0.4, 0.5) is 0 Å². The van der Waals surface area contributed by atoms with E-state index in [9.17, 15) is 0 Å². The van der Waals surface area contributed by atoms with Gasteiger partial charge in [0, 0.05) is 18.3 Å². The van der Waals surface area contributed by atoms with Crippen molar-refractivity contribution in [2.45, 2.75) is 13.8 Å². The minimum atomic E-state index is 0.438. The zero-order valence-electron chi connectivity index (χ0n) is 6.86. The van der Waals surface area contributed by atoms with Crippen LogP contribution in [0.25, 0.3) is 0 Å². The van der Waals surface area contributed by atoms with Crippen molar-refractivity contribution in [3.05, 3.63) is 24.0 Å². The molecule has 2 nitrogen and oxygen atoms in total. The Morgan fingerprint density at radius 2 is 2.45 bits per heavy atom. The Morgan fingerprint density at radius 3 is 3.00 bits per heavy atom. The van der Waals surface area contributed by atoms with Crippen LogP contribution in [0.3, 0.4) is 0 Å². The number of nitrogens with zero attached hydrogens (tertiary/aromatic N) is 2. The van der Waals surface area contributed by atoms with Crippen LogP contribution >= 0.6 is 0 Å². The van der Waals surface area contributed by atoms with Crippen LogP contribution < -0.4 is 0 Å². The number of hydrogen-bond donors (Lipinski definition) is 0. The van der Waals surface area contributed by atoms with Gasteiger partial charge in [0.2, 0.25) is 0 Å². The monoisotopic (exact) mass is 148 g/mol. The molecule has 0 spiro atoms. The minimum absolute atomic E-state index is 0.438. The quantitative estimate of drug-likeness (QED) is 0.536. The molecule has 58 valence electrons. The summed E-state index contributed by atoms with van der Waals surface area (Å²) >= 11 is 0. The molecule has 11 heavy (non-hydrogen) atoms. The molecule has 0 aromatic rings. The summed E-state index contributed by atoms with van der Waals surface area (Å²) in [5.74, 6) is 1.25. The summed E-state index contributed by atoms with van der Waals surface area (Å²) in [6.45, 7) is 4.04. The Labute approximate surface area is 67.1 Å². The lowest BCUT2D eigenvalue weighted by molar-refractivity contribution is 1.04. The zero-order valence-corrected chi connectivity index (χ0v) is 6.86. The number of allylic oxidation sites excluding steroid dienone is 3. The second-order valence-corrected chi connectivity index (χ2v) is 2.47. The summed E-state index contributed by atoms with van der Waals surface area (Å²) < 4.78 is 0. The fourth-order valence-corrected chi connectivity index (χ4v) is 0.797. The molecule has 0 saturated heterocycles. The van der Waals surface area contributed by atoms with E-state index in [2.05, 4.69) is 16.9 Å². The highest BCUT2D eigenvalue weighted by molar-refractivity contribution is 5.74. The molecular formula is C9H12N2. The molecule has 1 aliphatic heterocycles. The van der Waals surface area contributed by atoms with E-state index < -0.39 is 0 Å². The highest BCUT2D eigenvalue weighted by atomic mass is 15.0. The van der Waals surface area contributed by atoms with Crippen LogP contribution in [0.15, 0.2) is 34.0 Å². The molecule has 0 aromatic carbocycles. The van der Waals surface area contributed by atoms with Gasteiger partial charge in [-0.25, -0.2) is 9.98 Å². The molecule has 1 heterocycles. The molecule has 0 bridgehead atoms.